The number of rotatable bonds is 5. The van der Waals surface area contributed by atoms with E-state index in [1.807, 2.05) is 13.0 Å². The summed E-state index contributed by atoms with van der Waals surface area (Å²) in [5, 5.41) is 14.8. The van der Waals surface area contributed by atoms with E-state index in [0.29, 0.717) is 17.1 Å². The molecule has 1 aromatic heterocycles. The molecule has 0 fully saturated rings. The topological polar surface area (TPSA) is 90.7 Å². The van der Waals surface area contributed by atoms with Crippen molar-refractivity contribution in [2.45, 2.75) is 26.3 Å². The Bertz CT molecular complexity index is 708. The molecular formula is C16H17N5O. The highest BCUT2D eigenvalue weighted by molar-refractivity contribution is 6.03. The molecule has 1 heterocycles. The number of benzene rings is 1. The third-order valence-electron chi connectivity index (χ3n) is 3.16. The van der Waals surface area contributed by atoms with Crippen LogP contribution in [0.15, 0.2) is 36.7 Å². The summed E-state index contributed by atoms with van der Waals surface area (Å²) in [4.78, 5) is 20.3. The van der Waals surface area contributed by atoms with E-state index in [2.05, 4.69) is 27.5 Å². The van der Waals surface area contributed by atoms with Gasteiger partial charge in [0.05, 0.1) is 11.6 Å². The van der Waals surface area contributed by atoms with E-state index in [1.165, 1.54) is 6.33 Å². The summed E-state index contributed by atoms with van der Waals surface area (Å²) in [7, 11) is 0. The molecular weight excluding hydrogens is 278 g/mol. The number of carbonyl (C=O) groups is 1. The van der Waals surface area contributed by atoms with Crippen molar-refractivity contribution in [3.63, 3.8) is 0 Å². The standard InChI is InChI=1S/C16H17N5O/c1-3-11(2)20-15-8-14(18-10-19-15)16(22)21-13-6-4-5-12(7-13)9-17/h4-8,10-11H,3H2,1-2H3,(H,21,22)(H,18,19,20). The van der Waals surface area contributed by atoms with Gasteiger partial charge in [-0.25, -0.2) is 9.97 Å². The van der Waals surface area contributed by atoms with Crippen molar-refractivity contribution in [1.29, 1.82) is 5.26 Å². The predicted molar refractivity (Wildman–Crippen MR) is 84.5 cm³/mol. The van der Waals surface area contributed by atoms with Gasteiger partial charge in [-0.2, -0.15) is 5.26 Å². The van der Waals surface area contributed by atoms with Gasteiger partial charge in [-0.05, 0) is 31.5 Å². The van der Waals surface area contributed by atoms with E-state index in [-0.39, 0.29) is 17.6 Å². The van der Waals surface area contributed by atoms with Crippen LogP contribution in [0, 0.1) is 11.3 Å². The fourth-order valence-corrected chi connectivity index (χ4v) is 1.78. The van der Waals surface area contributed by atoms with E-state index in [0.717, 1.165) is 6.42 Å². The maximum absolute atomic E-state index is 12.2. The fraction of sp³-hybridized carbons (Fsp3) is 0.250. The molecule has 22 heavy (non-hydrogen) atoms. The number of carbonyl (C=O) groups excluding carboxylic acids is 1. The molecule has 112 valence electrons. The van der Waals surface area contributed by atoms with Crippen LogP contribution in [-0.2, 0) is 0 Å². The first-order chi connectivity index (χ1) is 10.6. The molecule has 0 saturated heterocycles. The lowest BCUT2D eigenvalue weighted by Crippen LogP contribution is -2.17. The van der Waals surface area contributed by atoms with Gasteiger partial charge in [-0.3, -0.25) is 4.79 Å². The summed E-state index contributed by atoms with van der Waals surface area (Å²) < 4.78 is 0. The third-order valence-corrected chi connectivity index (χ3v) is 3.16. The lowest BCUT2D eigenvalue weighted by Gasteiger charge is -2.12. The maximum atomic E-state index is 12.2. The monoisotopic (exact) mass is 295 g/mol. The molecule has 0 saturated carbocycles. The van der Waals surface area contributed by atoms with Gasteiger partial charge in [0.25, 0.3) is 5.91 Å². The Morgan fingerprint density at radius 1 is 1.36 bits per heavy atom. The Hall–Kier alpha value is -2.94. The molecule has 6 heteroatoms. The van der Waals surface area contributed by atoms with Crippen molar-refractivity contribution >= 4 is 17.4 Å². The van der Waals surface area contributed by atoms with Gasteiger partial charge in [0.2, 0.25) is 0 Å². The van der Waals surface area contributed by atoms with Crippen molar-refractivity contribution in [2.24, 2.45) is 0 Å². The van der Waals surface area contributed by atoms with Gasteiger partial charge in [-0.1, -0.05) is 13.0 Å². The number of nitrogens with one attached hydrogen (secondary N) is 2. The second kappa shape index (κ2) is 7.18. The summed E-state index contributed by atoms with van der Waals surface area (Å²) >= 11 is 0. The van der Waals surface area contributed by atoms with Crippen molar-refractivity contribution in [2.75, 3.05) is 10.6 Å². The van der Waals surface area contributed by atoms with E-state index >= 15 is 0 Å². The highest BCUT2D eigenvalue weighted by Crippen LogP contribution is 2.12. The van der Waals surface area contributed by atoms with Crippen LogP contribution in [0.4, 0.5) is 11.5 Å². The number of hydrogen-bond acceptors (Lipinski definition) is 5. The highest BCUT2D eigenvalue weighted by Gasteiger charge is 2.10. The molecule has 0 aliphatic rings. The molecule has 0 bridgehead atoms. The highest BCUT2D eigenvalue weighted by atomic mass is 16.1. The smallest absolute Gasteiger partial charge is 0.274 e. The number of nitrogens with zero attached hydrogens (tertiary/aromatic N) is 3. The van der Waals surface area contributed by atoms with Crippen LogP contribution < -0.4 is 10.6 Å². The Balaban J connectivity index is 2.12. The van der Waals surface area contributed by atoms with Crippen LogP contribution in [-0.4, -0.2) is 21.9 Å². The average Bonchev–Trinajstić information content (AvgIpc) is 2.55. The number of hydrogen-bond donors (Lipinski definition) is 2. The summed E-state index contributed by atoms with van der Waals surface area (Å²) in [6.45, 7) is 4.10. The fourth-order valence-electron chi connectivity index (χ4n) is 1.78. The number of anilines is 2. The van der Waals surface area contributed by atoms with Gasteiger partial charge >= 0.3 is 0 Å². The minimum atomic E-state index is -0.343. The summed E-state index contributed by atoms with van der Waals surface area (Å²) in [6.07, 6.45) is 2.30. The van der Waals surface area contributed by atoms with Gasteiger partial charge in [0.1, 0.15) is 17.8 Å². The van der Waals surface area contributed by atoms with Crippen molar-refractivity contribution in [3.05, 3.63) is 47.9 Å². The van der Waals surface area contributed by atoms with Crippen molar-refractivity contribution in [1.82, 2.24) is 9.97 Å². The van der Waals surface area contributed by atoms with Crippen LogP contribution in [0.25, 0.3) is 0 Å². The zero-order chi connectivity index (χ0) is 15.9. The molecule has 1 unspecified atom stereocenters. The molecule has 0 aliphatic carbocycles. The first-order valence-corrected chi connectivity index (χ1v) is 7.02. The first kappa shape index (κ1) is 15.4. The van der Waals surface area contributed by atoms with Gasteiger partial charge in [0.15, 0.2) is 0 Å². The molecule has 6 nitrogen and oxygen atoms in total. The van der Waals surface area contributed by atoms with E-state index in [1.54, 1.807) is 30.3 Å². The zero-order valence-corrected chi connectivity index (χ0v) is 12.5. The summed E-state index contributed by atoms with van der Waals surface area (Å²) in [6, 6.07) is 10.6. The first-order valence-electron chi connectivity index (χ1n) is 7.02. The quantitative estimate of drug-likeness (QED) is 0.885. The lowest BCUT2D eigenvalue weighted by molar-refractivity contribution is 0.102. The van der Waals surface area contributed by atoms with Gasteiger partial charge in [0, 0.05) is 17.8 Å². The minimum Gasteiger partial charge on any atom is -0.368 e. The summed E-state index contributed by atoms with van der Waals surface area (Å²) in [5.41, 5.74) is 1.31. The molecule has 2 N–H and O–H groups in total. The largest absolute Gasteiger partial charge is 0.368 e. The van der Waals surface area contributed by atoms with Crippen LogP contribution in [0.1, 0.15) is 36.3 Å². The Morgan fingerprint density at radius 2 is 2.18 bits per heavy atom. The third kappa shape index (κ3) is 4.03. The number of amides is 1. The van der Waals surface area contributed by atoms with Crippen molar-refractivity contribution < 1.29 is 4.79 Å². The average molecular weight is 295 g/mol. The predicted octanol–water partition coefficient (Wildman–Crippen LogP) is 2.81. The van der Waals surface area contributed by atoms with Crippen molar-refractivity contribution in [3.8, 4) is 6.07 Å². The Labute approximate surface area is 129 Å². The molecule has 0 aliphatic heterocycles. The SMILES string of the molecule is CCC(C)Nc1cc(C(=O)Nc2cccc(C#N)c2)ncn1. The molecule has 1 amide bonds. The molecule has 1 atom stereocenters. The molecule has 0 radical (unpaired) electrons. The van der Waals surface area contributed by atoms with Gasteiger partial charge < -0.3 is 10.6 Å². The van der Waals surface area contributed by atoms with E-state index in [4.69, 9.17) is 5.26 Å². The Morgan fingerprint density at radius 3 is 2.91 bits per heavy atom. The number of aromatic nitrogens is 2. The zero-order valence-electron chi connectivity index (χ0n) is 12.5. The molecule has 0 spiro atoms. The van der Waals surface area contributed by atoms with Crippen LogP contribution in [0.5, 0.6) is 0 Å². The van der Waals surface area contributed by atoms with Crippen LogP contribution in [0.2, 0.25) is 0 Å². The molecule has 1 aromatic carbocycles. The maximum Gasteiger partial charge on any atom is 0.274 e. The minimum absolute atomic E-state index is 0.262. The van der Waals surface area contributed by atoms with Crippen LogP contribution >= 0.6 is 0 Å². The molecule has 2 aromatic rings. The van der Waals surface area contributed by atoms with Crippen LogP contribution in [0.3, 0.4) is 0 Å². The lowest BCUT2D eigenvalue weighted by atomic mass is 10.2. The second-order valence-corrected chi connectivity index (χ2v) is 4.89. The number of nitriles is 1. The Kier molecular flexibility index (Phi) is 5.04. The second-order valence-electron chi connectivity index (χ2n) is 4.89. The van der Waals surface area contributed by atoms with E-state index in [9.17, 15) is 4.79 Å². The molecule has 2 rings (SSSR count). The van der Waals surface area contributed by atoms with E-state index < -0.39 is 0 Å². The normalized spacial score (nSPS) is 11.3. The summed E-state index contributed by atoms with van der Waals surface area (Å²) in [5.74, 6) is 0.268. The van der Waals surface area contributed by atoms with Gasteiger partial charge in [-0.15, -0.1) is 0 Å².